The minimum absolute atomic E-state index is 0.218. The molecule has 3 heterocycles. The third-order valence-electron chi connectivity index (χ3n) is 6.02. The topological polar surface area (TPSA) is 63.1 Å². The molecule has 0 atom stereocenters. The SMILES string of the molecule is CN1CCC(Nc2nc(-c3ccccc3Cl)c3ccc(=O)n(-c4ccccc4Cl)c3n2)CC1. The van der Waals surface area contributed by atoms with Crippen LogP contribution in [0.5, 0.6) is 0 Å². The molecule has 1 aliphatic rings. The summed E-state index contributed by atoms with van der Waals surface area (Å²) in [4.78, 5) is 25.0. The van der Waals surface area contributed by atoms with E-state index in [-0.39, 0.29) is 11.6 Å². The lowest BCUT2D eigenvalue weighted by atomic mass is 10.1. The minimum Gasteiger partial charge on any atom is -0.351 e. The Morgan fingerprint density at radius 2 is 1.61 bits per heavy atom. The van der Waals surface area contributed by atoms with Crippen LogP contribution in [-0.2, 0) is 0 Å². The molecule has 0 bridgehead atoms. The number of likely N-dealkylation sites (tertiary alicyclic amines) is 1. The van der Waals surface area contributed by atoms with E-state index in [2.05, 4.69) is 17.3 Å². The number of para-hydroxylation sites is 1. The number of aromatic nitrogens is 3. The maximum absolute atomic E-state index is 13.0. The van der Waals surface area contributed by atoms with Gasteiger partial charge in [-0.2, -0.15) is 4.98 Å². The van der Waals surface area contributed by atoms with Gasteiger partial charge in [0.05, 0.1) is 16.4 Å². The molecule has 1 N–H and O–H groups in total. The van der Waals surface area contributed by atoms with Crippen molar-refractivity contribution in [2.24, 2.45) is 0 Å². The first-order chi connectivity index (χ1) is 16.0. The molecule has 0 unspecified atom stereocenters. The van der Waals surface area contributed by atoms with Crippen molar-refractivity contribution in [3.8, 4) is 16.9 Å². The predicted octanol–water partition coefficient (Wildman–Crippen LogP) is 5.26. The zero-order valence-electron chi connectivity index (χ0n) is 18.1. The fraction of sp³-hybridized carbons (Fsp3) is 0.240. The Morgan fingerprint density at radius 1 is 0.909 bits per heavy atom. The zero-order valence-corrected chi connectivity index (χ0v) is 19.6. The smallest absolute Gasteiger partial charge is 0.256 e. The maximum atomic E-state index is 13.0. The molecule has 168 valence electrons. The fourth-order valence-electron chi connectivity index (χ4n) is 4.24. The molecule has 0 amide bonds. The Bertz CT molecular complexity index is 1380. The molecule has 8 heteroatoms. The summed E-state index contributed by atoms with van der Waals surface area (Å²) in [6, 6.07) is 18.3. The third-order valence-corrected chi connectivity index (χ3v) is 6.67. The summed E-state index contributed by atoms with van der Waals surface area (Å²) in [5.41, 5.74) is 2.29. The maximum Gasteiger partial charge on any atom is 0.256 e. The van der Waals surface area contributed by atoms with Crippen LogP contribution in [-0.4, -0.2) is 45.6 Å². The second-order valence-electron chi connectivity index (χ2n) is 8.29. The monoisotopic (exact) mass is 479 g/mol. The van der Waals surface area contributed by atoms with Gasteiger partial charge in [0.1, 0.15) is 0 Å². The Hall–Kier alpha value is -2.93. The summed E-state index contributed by atoms with van der Waals surface area (Å²) in [7, 11) is 2.13. The van der Waals surface area contributed by atoms with Crippen LogP contribution < -0.4 is 10.9 Å². The van der Waals surface area contributed by atoms with Crippen LogP contribution in [0.1, 0.15) is 12.8 Å². The predicted molar refractivity (Wildman–Crippen MR) is 135 cm³/mol. The number of pyridine rings is 1. The van der Waals surface area contributed by atoms with E-state index in [1.807, 2.05) is 42.5 Å². The molecule has 1 saturated heterocycles. The van der Waals surface area contributed by atoms with Crippen molar-refractivity contribution in [2.45, 2.75) is 18.9 Å². The fourth-order valence-corrected chi connectivity index (χ4v) is 4.69. The van der Waals surface area contributed by atoms with E-state index in [1.165, 1.54) is 6.07 Å². The average Bonchev–Trinajstić information content (AvgIpc) is 2.81. The lowest BCUT2D eigenvalue weighted by molar-refractivity contribution is 0.263. The van der Waals surface area contributed by atoms with Gasteiger partial charge in [-0.05, 0) is 57.2 Å². The van der Waals surface area contributed by atoms with Gasteiger partial charge in [0, 0.05) is 28.1 Å². The second-order valence-corrected chi connectivity index (χ2v) is 9.11. The van der Waals surface area contributed by atoms with Crippen LogP contribution in [0.3, 0.4) is 0 Å². The van der Waals surface area contributed by atoms with E-state index >= 15 is 0 Å². The number of nitrogens with zero attached hydrogens (tertiary/aromatic N) is 4. The molecule has 6 nitrogen and oxygen atoms in total. The van der Waals surface area contributed by atoms with Crippen molar-refractivity contribution in [2.75, 3.05) is 25.5 Å². The lowest BCUT2D eigenvalue weighted by Crippen LogP contribution is -2.37. The van der Waals surface area contributed by atoms with Crippen LogP contribution in [0.4, 0.5) is 5.95 Å². The number of piperidine rings is 1. The van der Waals surface area contributed by atoms with Gasteiger partial charge in [0.25, 0.3) is 5.56 Å². The summed E-state index contributed by atoms with van der Waals surface area (Å²) in [6.45, 7) is 2.01. The van der Waals surface area contributed by atoms with Crippen molar-refractivity contribution < 1.29 is 0 Å². The molecule has 1 aliphatic heterocycles. The molecular weight excluding hydrogens is 457 g/mol. The highest BCUT2D eigenvalue weighted by Crippen LogP contribution is 2.33. The summed E-state index contributed by atoms with van der Waals surface area (Å²) in [5, 5.41) is 5.26. The highest BCUT2D eigenvalue weighted by molar-refractivity contribution is 6.33. The number of anilines is 1. The molecule has 4 aromatic rings. The van der Waals surface area contributed by atoms with Gasteiger partial charge >= 0.3 is 0 Å². The third kappa shape index (κ3) is 4.34. The molecule has 2 aromatic heterocycles. The van der Waals surface area contributed by atoms with Crippen LogP contribution in [0, 0.1) is 0 Å². The van der Waals surface area contributed by atoms with E-state index in [1.54, 1.807) is 16.7 Å². The van der Waals surface area contributed by atoms with E-state index in [4.69, 9.17) is 33.2 Å². The van der Waals surface area contributed by atoms with Crippen LogP contribution in [0.2, 0.25) is 10.0 Å². The van der Waals surface area contributed by atoms with Crippen molar-refractivity contribution in [1.29, 1.82) is 0 Å². The summed E-state index contributed by atoms with van der Waals surface area (Å²) >= 11 is 13.0. The number of nitrogens with one attached hydrogen (secondary N) is 1. The highest BCUT2D eigenvalue weighted by Gasteiger charge is 2.21. The Kier molecular flexibility index (Phi) is 6.06. The first-order valence-corrected chi connectivity index (χ1v) is 11.7. The standard InChI is InChI=1S/C25H23Cl2N5O/c1-31-14-12-16(13-15-31)28-25-29-23(17-6-2-3-7-19(17)26)18-10-11-22(33)32(24(18)30-25)21-9-5-4-8-20(21)27/h2-11,16H,12-15H2,1H3,(H,28,29,30). The lowest BCUT2D eigenvalue weighted by Gasteiger charge is -2.29. The summed E-state index contributed by atoms with van der Waals surface area (Å²) in [5.74, 6) is 0.471. The number of benzene rings is 2. The molecule has 33 heavy (non-hydrogen) atoms. The van der Waals surface area contributed by atoms with E-state index < -0.39 is 0 Å². The zero-order chi connectivity index (χ0) is 22.9. The minimum atomic E-state index is -0.218. The summed E-state index contributed by atoms with van der Waals surface area (Å²) in [6.07, 6.45) is 1.98. The quantitative estimate of drug-likeness (QED) is 0.432. The molecule has 0 radical (unpaired) electrons. The van der Waals surface area contributed by atoms with Crippen molar-refractivity contribution in [3.05, 3.63) is 81.1 Å². The van der Waals surface area contributed by atoms with E-state index in [0.29, 0.717) is 33.0 Å². The first-order valence-electron chi connectivity index (χ1n) is 10.9. The van der Waals surface area contributed by atoms with Crippen molar-refractivity contribution >= 4 is 40.2 Å². The summed E-state index contributed by atoms with van der Waals surface area (Å²) < 4.78 is 1.54. The number of hydrogen-bond donors (Lipinski definition) is 1. The second kappa shape index (κ2) is 9.14. The van der Waals surface area contributed by atoms with Gasteiger partial charge in [-0.1, -0.05) is 53.5 Å². The van der Waals surface area contributed by atoms with Crippen LogP contribution in [0.15, 0.2) is 65.5 Å². The Balaban J connectivity index is 1.75. The molecule has 0 aliphatic carbocycles. The molecular formula is C25H23Cl2N5O. The normalized spacial score (nSPS) is 15.1. The average molecular weight is 480 g/mol. The number of rotatable bonds is 4. The molecule has 5 rings (SSSR count). The largest absolute Gasteiger partial charge is 0.351 e. The molecule has 2 aromatic carbocycles. The van der Waals surface area contributed by atoms with Crippen LogP contribution in [0.25, 0.3) is 28.0 Å². The highest BCUT2D eigenvalue weighted by atomic mass is 35.5. The van der Waals surface area contributed by atoms with E-state index in [9.17, 15) is 4.79 Å². The molecule has 1 fully saturated rings. The van der Waals surface area contributed by atoms with Crippen LogP contribution >= 0.6 is 23.2 Å². The Labute approximate surface area is 201 Å². The van der Waals surface area contributed by atoms with Gasteiger partial charge < -0.3 is 10.2 Å². The molecule has 0 spiro atoms. The van der Waals surface area contributed by atoms with Gasteiger partial charge in [-0.3, -0.25) is 9.36 Å². The first kappa shape index (κ1) is 21.9. The molecule has 0 saturated carbocycles. The van der Waals surface area contributed by atoms with Gasteiger partial charge in [-0.25, -0.2) is 4.98 Å². The number of hydrogen-bond acceptors (Lipinski definition) is 5. The Morgan fingerprint density at radius 3 is 2.33 bits per heavy atom. The van der Waals surface area contributed by atoms with E-state index in [0.717, 1.165) is 36.9 Å². The number of halogens is 2. The van der Waals surface area contributed by atoms with Crippen molar-refractivity contribution in [3.63, 3.8) is 0 Å². The number of fused-ring (bicyclic) bond motifs is 1. The van der Waals surface area contributed by atoms with Gasteiger partial charge in [0.2, 0.25) is 5.95 Å². The van der Waals surface area contributed by atoms with Gasteiger partial charge in [0.15, 0.2) is 5.65 Å². The van der Waals surface area contributed by atoms with Crippen molar-refractivity contribution in [1.82, 2.24) is 19.4 Å². The van der Waals surface area contributed by atoms with Gasteiger partial charge in [-0.15, -0.1) is 0 Å².